The summed E-state index contributed by atoms with van der Waals surface area (Å²) in [6, 6.07) is 24.1. The van der Waals surface area contributed by atoms with E-state index in [2.05, 4.69) is 31.6 Å². The predicted octanol–water partition coefficient (Wildman–Crippen LogP) is 5.45. The average molecular weight is 365 g/mol. The van der Waals surface area contributed by atoms with E-state index in [4.69, 9.17) is 0 Å². The lowest BCUT2D eigenvalue weighted by atomic mass is 9.85. The molecule has 0 saturated carbocycles. The second-order valence-electron chi connectivity index (χ2n) is 7.29. The molecule has 3 aromatic carbocycles. The van der Waals surface area contributed by atoms with Crippen molar-refractivity contribution < 1.29 is 8.42 Å². The average Bonchev–Trinajstić information content (AvgIpc) is 2.62. The minimum atomic E-state index is -3.64. The van der Waals surface area contributed by atoms with E-state index >= 15 is 0 Å². The molecule has 3 rings (SSSR count). The summed E-state index contributed by atoms with van der Waals surface area (Å²) >= 11 is 0. The Morgan fingerprint density at radius 1 is 0.769 bits per heavy atom. The minimum absolute atomic E-state index is 0.0274. The standard InChI is InChI=1S/C22H23NO2S/c1-22(2,3)18-14-15-21(20(16-18)17-10-6-4-7-11-17)23-26(24,25)19-12-8-5-9-13-19/h4-16,23H,1-3H3. The van der Waals surface area contributed by atoms with Gasteiger partial charge in [0.2, 0.25) is 0 Å². The quantitative estimate of drug-likeness (QED) is 0.668. The Morgan fingerprint density at radius 2 is 1.35 bits per heavy atom. The van der Waals surface area contributed by atoms with E-state index in [1.165, 1.54) is 0 Å². The van der Waals surface area contributed by atoms with E-state index in [0.717, 1.165) is 16.7 Å². The van der Waals surface area contributed by atoms with Crippen molar-refractivity contribution in [3.8, 4) is 11.1 Å². The van der Waals surface area contributed by atoms with Crippen LogP contribution in [-0.2, 0) is 15.4 Å². The molecule has 134 valence electrons. The molecule has 0 aromatic heterocycles. The van der Waals surface area contributed by atoms with Gasteiger partial charge < -0.3 is 0 Å². The number of rotatable bonds is 4. The Morgan fingerprint density at radius 3 is 1.92 bits per heavy atom. The molecule has 0 saturated heterocycles. The largest absolute Gasteiger partial charge is 0.279 e. The third-order valence-electron chi connectivity index (χ3n) is 4.27. The molecule has 0 fully saturated rings. The van der Waals surface area contributed by atoms with Crippen LogP contribution in [0.1, 0.15) is 26.3 Å². The van der Waals surface area contributed by atoms with Crippen molar-refractivity contribution in [1.29, 1.82) is 0 Å². The van der Waals surface area contributed by atoms with Gasteiger partial charge in [-0.2, -0.15) is 0 Å². The summed E-state index contributed by atoms with van der Waals surface area (Å²) < 4.78 is 28.3. The molecule has 0 aliphatic heterocycles. The van der Waals surface area contributed by atoms with Crippen LogP contribution >= 0.6 is 0 Å². The van der Waals surface area contributed by atoms with Crippen LogP contribution in [0.3, 0.4) is 0 Å². The smallest absolute Gasteiger partial charge is 0.261 e. The van der Waals surface area contributed by atoms with Crippen molar-refractivity contribution >= 4 is 15.7 Å². The third kappa shape index (κ3) is 3.97. The highest BCUT2D eigenvalue weighted by molar-refractivity contribution is 7.92. The highest BCUT2D eigenvalue weighted by atomic mass is 32.2. The van der Waals surface area contributed by atoms with Gasteiger partial charge in [-0.1, -0.05) is 75.4 Å². The molecule has 0 spiro atoms. The number of hydrogen-bond acceptors (Lipinski definition) is 2. The molecule has 0 heterocycles. The first-order valence-electron chi connectivity index (χ1n) is 8.55. The molecule has 0 aliphatic carbocycles. The molecule has 0 atom stereocenters. The molecular formula is C22H23NO2S. The van der Waals surface area contributed by atoms with Crippen LogP contribution in [0.4, 0.5) is 5.69 Å². The van der Waals surface area contributed by atoms with Crippen molar-refractivity contribution in [2.24, 2.45) is 0 Å². The molecule has 0 bridgehead atoms. The lowest BCUT2D eigenvalue weighted by Crippen LogP contribution is -2.15. The van der Waals surface area contributed by atoms with Gasteiger partial charge in [0.15, 0.2) is 0 Å². The minimum Gasteiger partial charge on any atom is -0.279 e. The summed E-state index contributed by atoms with van der Waals surface area (Å²) in [5.74, 6) is 0. The van der Waals surface area contributed by atoms with E-state index in [-0.39, 0.29) is 10.3 Å². The number of anilines is 1. The zero-order valence-electron chi connectivity index (χ0n) is 15.2. The first-order chi connectivity index (χ1) is 12.3. The molecular weight excluding hydrogens is 342 g/mol. The molecule has 26 heavy (non-hydrogen) atoms. The van der Waals surface area contributed by atoms with Gasteiger partial charge in [-0.15, -0.1) is 0 Å². The van der Waals surface area contributed by atoms with E-state index in [9.17, 15) is 8.42 Å². The Labute approximate surface area is 155 Å². The SMILES string of the molecule is CC(C)(C)c1ccc(NS(=O)(=O)c2ccccc2)c(-c2ccccc2)c1. The Bertz CT molecular complexity index is 989. The van der Waals surface area contributed by atoms with E-state index in [0.29, 0.717) is 5.69 Å². The highest BCUT2D eigenvalue weighted by Gasteiger charge is 2.19. The fourth-order valence-corrected chi connectivity index (χ4v) is 3.86. The van der Waals surface area contributed by atoms with Crippen LogP contribution in [0.5, 0.6) is 0 Å². The topological polar surface area (TPSA) is 46.2 Å². The molecule has 0 amide bonds. The van der Waals surface area contributed by atoms with Crippen LogP contribution in [0.15, 0.2) is 83.8 Å². The zero-order valence-corrected chi connectivity index (χ0v) is 16.0. The van der Waals surface area contributed by atoms with Gasteiger partial charge in [0.25, 0.3) is 10.0 Å². The lowest BCUT2D eigenvalue weighted by molar-refractivity contribution is 0.590. The fraction of sp³-hybridized carbons (Fsp3) is 0.182. The molecule has 1 N–H and O–H groups in total. The highest BCUT2D eigenvalue weighted by Crippen LogP contribution is 2.34. The number of nitrogens with one attached hydrogen (secondary N) is 1. The van der Waals surface area contributed by atoms with Crippen molar-refractivity contribution in [1.82, 2.24) is 0 Å². The van der Waals surface area contributed by atoms with Crippen molar-refractivity contribution in [3.63, 3.8) is 0 Å². The van der Waals surface area contributed by atoms with Gasteiger partial charge in [0, 0.05) is 5.56 Å². The van der Waals surface area contributed by atoms with Crippen molar-refractivity contribution in [2.45, 2.75) is 31.1 Å². The molecule has 0 aliphatic rings. The Kier molecular flexibility index (Phi) is 4.88. The van der Waals surface area contributed by atoms with E-state index in [1.54, 1.807) is 30.3 Å². The third-order valence-corrected chi connectivity index (χ3v) is 5.65. The van der Waals surface area contributed by atoms with Gasteiger partial charge >= 0.3 is 0 Å². The van der Waals surface area contributed by atoms with Crippen molar-refractivity contribution in [3.05, 3.63) is 84.4 Å². The van der Waals surface area contributed by atoms with Gasteiger partial charge in [0.05, 0.1) is 10.6 Å². The zero-order chi connectivity index (χ0) is 18.8. The molecule has 3 nitrogen and oxygen atoms in total. The maximum Gasteiger partial charge on any atom is 0.261 e. The van der Waals surface area contributed by atoms with Crippen LogP contribution in [-0.4, -0.2) is 8.42 Å². The predicted molar refractivity (Wildman–Crippen MR) is 108 cm³/mol. The summed E-state index contributed by atoms with van der Waals surface area (Å²) in [4.78, 5) is 0.249. The monoisotopic (exact) mass is 365 g/mol. The fourth-order valence-electron chi connectivity index (χ4n) is 2.76. The summed E-state index contributed by atoms with van der Waals surface area (Å²) in [5, 5.41) is 0. The Hall–Kier alpha value is -2.59. The van der Waals surface area contributed by atoms with Gasteiger partial charge in [-0.25, -0.2) is 8.42 Å². The summed E-state index contributed by atoms with van der Waals surface area (Å²) in [6.07, 6.45) is 0. The van der Waals surface area contributed by atoms with Gasteiger partial charge in [-0.3, -0.25) is 4.72 Å². The maximum atomic E-state index is 12.8. The normalized spacial score (nSPS) is 12.0. The van der Waals surface area contributed by atoms with Gasteiger partial charge in [0.1, 0.15) is 0 Å². The second-order valence-corrected chi connectivity index (χ2v) is 8.98. The molecule has 3 aromatic rings. The second kappa shape index (κ2) is 6.96. The van der Waals surface area contributed by atoms with E-state index in [1.807, 2.05) is 42.5 Å². The van der Waals surface area contributed by atoms with Gasteiger partial charge in [-0.05, 0) is 40.8 Å². The number of hydrogen-bond donors (Lipinski definition) is 1. The summed E-state index contributed by atoms with van der Waals surface area (Å²) in [5.41, 5.74) is 3.55. The van der Waals surface area contributed by atoms with Crippen LogP contribution < -0.4 is 4.72 Å². The first-order valence-corrected chi connectivity index (χ1v) is 10.0. The molecule has 0 radical (unpaired) electrons. The first kappa shape index (κ1) is 18.2. The van der Waals surface area contributed by atoms with E-state index < -0.39 is 10.0 Å². The van der Waals surface area contributed by atoms with Crippen molar-refractivity contribution in [2.75, 3.05) is 4.72 Å². The summed E-state index contributed by atoms with van der Waals surface area (Å²) in [7, 11) is -3.64. The Balaban J connectivity index is 2.10. The number of benzene rings is 3. The molecule has 4 heteroatoms. The van der Waals surface area contributed by atoms with Crippen LogP contribution in [0, 0.1) is 0 Å². The number of sulfonamides is 1. The van der Waals surface area contributed by atoms with Crippen LogP contribution in [0.25, 0.3) is 11.1 Å². The summed E-state index contributed by atoms with van der Waals surface area (Å²) in [6.45, 7) is 6.43. The van der Waals surface area contributed by atoms with Crippen LogP contribution in [0.2, 0.25) is 0 Å². The molecule has 0 unspecified atom stereocenters. The lowest BCUT2D eigenvalue weighted by Gasteiger charge is -2.22. The maximum absolute atomic E-state index is 12.8.